The Labute approximate surface area is 244 Å². The van der Waals surface area contributed by atoms with Crippen molar-refractivity contribution in [1.29, 1.82) is 0 Å². The number of benzene rings is 3. The minimum atomic E-state index is -4.37. The summed E-state index contributed by atoms with van der Waals surface area (Å²) in [6.07, 6.45) is 0.404. The second-order valence-corrected chi connectivity index (χ2v) is 13.7. The van der Waals surface area contributed by atoms with Crippen LogP contribution in [0.15, 0.2) is 64.4 Å². The maximum absolute atomic E-state index is 14.1. The lowest BCUT2D eigenvalue weighted by Gasteiger charge is -2.28. The number of hydrogen-bond donors (Lipinski definition) is 0. The van der Waals surface area contributed by atoms with Gasteiger partial charge in [0.1, 0.15) is 12.3 Å². The van der Waals surface area contributed by atoms with E-state index in [1.165, 1.54) is 82.8 Å². The fourth-order valence-corrected chi connectivity index (χ4v) is 7.03. The molecule has 0 aliphatic carbocycles. The molecular formula is C27H30ClN3O8S2. The molecule has 0 spiro atoms. The van der Waals surface area contributed by atoms with Crippen LogP contribution in [-0.2, 0) is 31.3 Å². The van der Waals surface area contributed by atoms with Gasteiger partial charge in [-0.2, -0.15) is 0 Å². The van der Waals surface area contributed by atoms with Gasteiger partial charge < -0.3 is 19.1 Å². The molecule has 1 amide bonds. The molecule has 3 aromatic carbocycles. The summed E-state index contributed by atoms with van der Waals surface area (Å²) in [5.41, 5.74) is 1.24. The van der Waals surface area contributed by atoms with E-state index in [1.54, 1.807) is 12.1 Å². The number of methoxy groups -OCH3 is 3. The summed E-state index contributed by atoms with van der Waals surface area (Å²) in [4.78, 5) is 15.1. The number of ether oxygens (including phenoxy) is 3. The van der Waals surface area contributed by atoms with Crippen molar-refractivity contribution >= 4 is 48.9 Å². The van der Waals surface area contributed by atoms with E-state index in [1.807, 2.05) is 0 Å². The van der Waals surface area contributed by atoms with Crippen LogP contribution < -0.4 is 23.4 Å². The van der Waals surface area contributed by atoms with E-state index in [9.17, 15) is 21.6 Å². The number of carbonyl (C=O) groups excluding carboxylic acids is 1. The molecular weight excluding hydrogens is 594 g/mol. The quantitative estimate of drug-likeness (QED) is 0.337. The maximum Gasteiger partial charge on any atom is 0.265 e. The van der Waals surface area contributed by atoms with Gasteiger partial charge in [-0.3, -0.25) is 9.10 Å². The van der Waals surface area contributed by atoms with Gasteiger partial charge in [-0.1, -0.05) is 11.6 Å². The van der Waals surface area contributed by atoms with Gasteiger partial charge in [0.05, 0.1) is 36.8 Å². The van der Waals surface area contributed by atoms with Crippen molar-refractivity contribution in [2.24, 2.45) is 0 Å². The van der Waals surface area contributed by atoms with E-state index in [0.29, 0.717) is 23.4 Å². The van der Waals surface area contributed by atoms with Crippen molar-refractivity contribution < 1.29 is 35.8 Å². The Morgan fingerprint density at radius 2 is 1.44 bits per heavy atom. The Morgan fingerprint density at radius 1 is 0.829 bits per heavy atom. The average molecular weight is 624 g/mol. The third-order valence-corrected chi connectivity index (χ3v) is 10.5. The molecule has 0 aromatic heterocycles. The molecule has 220 valence electrons. The van der Waals surface area contributed by atoms with Crippen LogP contribution in [0, 0.1) is 0 Å². The smallest absolute Gasteiger partial charge is 0.265 e. The molecule has 1 aliphatic heterocycles. The standard InChI is InChI=1S/C27H30ClN3O8S2/c1-29(2)40(33,34)20-7-9-22-18(14-20)12-13-30(22)27(32)17-31(23-15-19(28)6-10-24(23)37-3)41(35,36)21-8-11-25(38-4)26(16-21)39-5/h6-11,14-16H,12-13,17H2,1-5H3. The molecule has 0 saturated heterocycles. The number of amides is 1. The number of fused-ring (bicyclic) bond motifs is 1. The molecule has 4 rings (SSSR count). The molecule has 0 saturated carbocycles. The topological polar surface area (TPSA) is 123 Å². The average Bonchev–Trinajstić information content (AvgIpc) is 3.38. The van der Waals surface area contributed by atoms with Crippen molar-refractivity contribution in [2.75, 3.05) is 57.7 Å². The lowest BCUT2D eigenvalue weighted by molar-refractivity contribution is -0.117. The van der Waals surface area contributed by atoms with E-state index < -0.39 is 32.5 Å². The van der Waals surface area contributed by atoms with Crippen molar-refractivity contribution in [3.8, 4) is 17.2 Å². The molecule has 14 heteroatoms. The zero-order valence-electron chi connectivity index (χ0n) is 23.1. The summed E-state index contributed by atoms with van der Waals surface area (Å²) in [5, 5.41) is 0.238. The lowest BCUT2D eigenvalue weighted by atomic mass is 10.2. The van der Waals surface area contributed by atoms with Gasteiger partial charge in [-0.15, -0.1) is 0 Å². The molecule has 1 aliphatic rings. The Balaban J connectivity index is 1.76. The number of sulfonamides is 2. The number of anilines is 2. The van der Waals surface area contributed by atoms with Crippen LogP contribution in [0.2, 0.25) is 5.02 Å². The third-order valence-electron chi connectivity index (χ3n) is 6.66. The van der Waals surface area contributed by atoms with Crippen LogP contribution in [0.5, 0.6) is 17.2 Å². The second kappa shape index (κ2) is 11.8. The molecule has 0 N–H and O–H groups in total. The molecule has 11 nitrogen and oxygen atoms in total. The zero-order valence-corrected chi connectivity index (χ0v) is 25.5. The van der Waals surface area contributed by atoms with E-state index >= 15 is 0 Å². The zero-order chi connectivity index (χ0) is 30.1. The first kappa shape index (κ1) is 30.4. The normalized spacial score (nSPS) is 13.2. The van der Waals surface area contributed by atoms with Gasteiger partial charge in [0, 0.05) is 37.4 Å². The Hall–Kier alpha value is -3.52. The molecule has 1 heterocycles. The highest BCUT2D eigenvalue weighted by Gasteiger charge is 2.34. The number of carbonyl (C=O) groups is 1. The highest BCUT2D eigenvalue weighted by molar-refractivity contribution is 7.93. The largest absolute Gasteiger partial charge is 0.495 e. The molecule has 0 atom stereocenters. The first-order chi connectivity index (χ1) is 19.3. The monoisotopic (exact) mass is 623 g/mol. The summed E-state index contributed by atoms with van der Waals surface area (Å²) in [6.45, 7) is -0.346. The molecule has 0 fully saturated rings. The van der Waals surface area contributed by atoms with Crippen LogP contribution in [0.4, 0.5) is 11.4 Å². The summed E-state index contributed by atoms with van der Waals surface area (Å²) in [5.74, 6) is 0.179. The fourth-order valence-electron chi connectivity index (χ4n) is 4.48. The SMILES string of the molecule is COc1ccc(S(=O)(=O)N(CC(=O)N2CCc3cc(S(=O)(=O)N(C)C)ccc32)c2cc(Cl)ccc2OC)cc1OC. The van der Waals surface area contributed by atoms with E-state index in [4.69, 9.17) is 25.8 Å². The minimum Gasteiger partial charge on any atom is -0.495 e. The van der Waals surface area contributed by atoms with Crippen molar-refractivity contribution in [2.45, 2.75) is 16.2 Å². The molecule has 0 bridgehead atoms. The number of hydrogen-bond acceptors (Lipinski definition) is 8. The van der Waals surface area contributed by atoms with Gasteiger partial charge in [0.25, 0.3) is 10.0 Å². The summed E-state index contributed by atoms with van der Waals surface area (Å²) in [7, 11) is -0.962. The van der Waals surface area contributed by atoms with Crippen LogP contribution >= 0.6 is 11.6 Å². The number of rotatable bonds is 10. The molecule has 3 aromatic rings. The number of halogens is 1. The second-order valence-electron chi connectivity index (χ2n) is 9.22. The van der Waals surface area contributed by atoms with Crippen molar-refractivity contribution in [3.05, 3.63) is 65.2 Å². The lowest BCUT2D eigenvalue weighted by Crippen LogP contribution is -2.42. The summed E-state index contributed by atoms with van der Waals surface area (Å²) in [6, 6.07) is 13.1. The molecule has 0 radical (unpaired) electrons. The van der Waals surface area contributed by atoms with Crippen molar-refractivity contribution in [1.82, 2.24) is 4.31 Å². The van der Waals surface area contributed by atoms with Crippen LogP contribution in [-0.4, -0.2) is 75.6 Å². The van der Waals surface area contributed by atoms with Gasteiger partial charge in [-0.05, 0) is 60.5 Å². The van der Waals surface area contributed by atoms with Crippen LogP contribution in [0.25, 0.3) is 0 Å². The predicted octanol–water partition coefficient (Wildman–Crippen LogP) is 3.40. The van der Waals surface area contributed by atoms with Gasteiger partial charge in [-0.25, -0.2) is 21.1 Å². The van der Waals surface area contributed by atoms with Crippen LogP contribution in [0.1, 0.15) is 5.56 Å². The molecule has 0 unspecified atom stereocenters. The van der Waals surface area contributed by atoms with E-state index in [2.05, 4.69) is 0 Å². The van der Waals surface area contributed by atoms with Gasteiger partial charge >= 0.3 is 0 Å². The van der Waals surface area contributed by atoms with Gasteiger partial charge in [0.15, 0.2) is 11.5 Å². The Bertz CT molecular complexity index is 1690. The highest BCUT2D eigenvalue weighted by atomic mass is 35.5. The van der Waals surface area contributed by atoms with Gasteiger partial charge in [0.2, 0.25) is 15.9 Å². The first-order valence-corrected chi connectivity index (χ1v) is 15.5. The first-order valence-electron chi connectivity index (χ1n) is 12.3. The third kappa shape index (κ3) is 5.80. The fraction of sp³-hybridized carbons (Fsp3) is 0.296. The minimum absolute atomic E-state index is 0.0648. The predicted molar refractivity (Wildman–Crippen MR) is 155 cm³/mol. The van der Waals surface area contributed by atoms with E-state index in [0.717, 1.165) is 8.61 Å². The Morgan fingerprint density at radius 3 is 2.07 bits per heavy atom. The summed E-state index contributed by atoms with van der Waals surface area (Å²) >= 11 is 6.24. The van der Waals surface area contributed by atoms with E-state index in [-0.39, 0.29) is 38.5 Å². The van der Waals surface area contributed by atoms with Crippen LogP contribution in [0.3, 0.4) is 0 Å². The molecule has 41 heavy (non-hydrogen) atoms. The Kier molecular flexibility index (Phi) is 8.73. The summed E-state index contributed by atoms with van der Waals surface area (Å²) < 4.78 is 71.4. The maximum atomic E-state index is 14.1. The highest BCUT2D eigenvalue weighted by Crippen LogP contribution is 2.38. The van der Waals surface area contributed by atoms with Crippen molar-refractivity contribution in [3.63, 3.8) is 0 Å². The number of nitrogens with zero attached hydrogens (tertiary/aromatic N) is 3.